The molecule has 24 heavy (non-hydrogen) atoms. The maximum Gasteiger partial charge on any atom is 0.227 e. The molecule has 3 heteroatoms. The minimum Gasteiger partial charge on any atom is -0.464 e. The number of carbonyl (C=O) groups is 1. The van der Waals surface area contributed by atoms with Crippen LogP contribution in [0.4, 0.5) is 0 Å². The Morgan fingerprint density at radius 3 is 2.67 bits per heavy atom. The summed E-state index contributed by atoms with van der Waals surface area (Å²) in [6, 6.07) is 12.3. The van der Waals surface area contributed by atoms with Gasteiger partial charge < -0.3 is 9.32 Å². The van der Waals surface area contributed by atoms with Gasteiger partial charge in [0.05, 0.1) is 12.7 Å². The number of fused-ring (bicyclic) bond motifs is 3. The van der Waals surface area contributed by atoms with E-state index < -0.39 is 0 Å². The molecule has 124 valence electrons. The van der Waals surface area contributed by atoms with E-state index in [0.29, 0.717) is 18.3 Å². The highest BCUT2D eigenvalue weighted by molar-refractivity contribution is 6.08. The van der Waals surface area contributed by atoms with Gasteiger partial charge in [0.15, 0.2) is 0 Å². The van der Waals surface area contributed by atoms with Gasteiger partial charge in [-0.25, -0.2) is 0 Å². The van der Waals surface area contributed by atoms with Crippen LogP contribution in [0.25, 0.3) is 21.7 Å². The van der Waals surface area contributed by atoms with Gasteiger partial charge in [-0.2, -0.15) is 0 Å². The molecule has 2 atom stereocenters. The van der Waals surface area contributed by atoms with Crippen molar-refractivity contribution in [2.75, 3.05) is 13.1 Å². The number of rotatable bonds is 2. The molecule has 2 heterocycles. The summed E-state index contributed by atoms with van der Waals surface area (Å²) < 4.78 is 5.72. The molecule has 1 aromatic heterocycles. The van der Waals surface area contributed by atoms with Crippen molar-refractivity contribution >= 4 is 27.6 Å². The van der Waals surface area contributed by atoms with E-state index in [1.165, 1.54) is 11.8 Å². The lowest BCUT2D eigenvalue weighted by Gasteiger charge is -2.35. The molecule has 1 fully saturated rings. The zero-order valence-electron chi connectivity index (χ0n) is 14.3. The number of likely N-dealkylation sites (tertiary alicyclic amines) is 1. The number of carbonyl (C=O) groups excluding carboxylic acids is 1. The normalized spacial score (nSPS) is 21.5. The molecule has 2 aromatic carbocycles. The van der Waals surface area contributed by atoms with Gasteiger partial charge in [-0.05, 0) is 35.1 Å². The molecule has 3 nitrogen and oxygen atoms in total. The van der Waals surface area contributed by atoms with Crippen LogP contribution in [0.3, 0.4) is 0 Å². The molecule has 1 aliphatic heterocycles. The molecule has 0 radical (unpaired) electrons. The molecule has 1 aliphatic rings. The fourth-order valence-electron chi connectivity index (χ4n) is 4.15. The Morgan fingerprint density at radius 2 is 1.88 bits per heavy atom. The smallest absolute Gasteiger partial charge is 0.227 e. The molecule has 1 saturated heterocycles. The first-order valence-electron chi connectivity index (χ1n) is 8.77. The summed E-state index contributed by atoms with van der Waals surface area (Å²) in [7, 11) is 0. The van der Waals surface area contributed by atoms with Crippen LogP contribution in [-0.4, -0.2) is 23.9 Å². The van der Waals surface area contributed by atoms with Crippen molar-refractivity contribution in [3.8, 4) is 0 Å². The van der Waals surface area contributed by atoms with E-state index >= 15 is 0 Å². The lowest BCUT2D eigenvalue weighted by atomic mass is 9.91. The minimum absolute atomic E-state index is 0.212. The molecule has 0 aliphatic carbocycles. The molecule has 0 spiro atoms. The summed E-state index contributed by atoms with van der Waals surface area (Å²) in [5.74, 6) is 1.38. The molecule has 0 saturated carbocycles. The van der Waals surface area contributed by atoms with Gasteiger partial charge in [0.2, 0.25) is 5.91 Å². The molecular formula is C21H23NO2. The number of piperidine rings is 1. The van der Waals surface area contributed by atoms with E-state index in [4.69, 9.17) is 4.42 Å². The highest BCUT2D eigenvalue weighted by atomic mass is 16.3. The number of nitrogens with zero attached hydrogens (tertiary/aromatic N) is 1. The molecule has 2 unspecified atom stereocenters. The van der Waals surface area contributed by atoms with Crippen molar-refractivity contribution in [3.63, 3.8) is 0 Å². The van der Waals surface area contributed by atoms with E-state index in [9.17, 15) is 4.79 Å². The summed E-state index contributed by atoms with van der Waals surface area (Å²) in [6.07, 6.45) is 3.38. The third-order valence-electron chi connectivity index (χ3n) is 5.10. The third kappa shape index (κ3) is 2.68. The highest BCUT2D eigenvalue weighted by Gasteiger charge is 2.26. The van der Waals surface area contributed by atoms with Crippen LogP contribution in [0.15, 0.2) is 47.1 Å². The molecule has 3 aromatic rings. The monoisotopic (exact) mass is 321 g/mol. The van der Waals surface area contributed by atoms with Crippen molar-refractivity contribution in [3.05, 3.63) is 48.2 Å². The zero-order valence-corrected chi connectivity index (χ0v) is 14.3. The Labute approximate surface area is 142 Å². The van der Waals surface area contributed by atoms with Crippen LogP contribution in [-0.2, 0) is 11.2 Å². The van der Waals surface area contributed by atoms with Gasteiger partial charge in [-0.3, -0.25) is 4.79 Å². The Morgan fingerprint density at radius 1 is 1.12 bits per heavy atom. The largest absolute Gasteiger partial charge is 0.464 e. The van der Waals surface area contributed by atoms with Gasteiger partial charge in [-0.15, -0.1) is 0 Å². The maximum absolute atomic E-state index is 12.8. The number of hydrogen-bond donors (Lipinski definition) is 0. The van der Waals surface area contributed by atoms with Crippen LogP contribution in [0.5, 0.6) is 0 Å². The van der Waals surface area contributed by atoms with E-state index in [-0.39, 0.29) is 5.91 Å². The molecule has 1 amide bonds. The first-order chi connectivity index (χ1) is 11.6. The minimum atomic E-state index is 0.212. The van der Waals surface area contributed by atoms with Gasteiger partial charge >= 0.3 is 0 Å². The van der Waals surface area contributed by atoms with Crippen LogP contribution in [0.1, 0.15) is 25.8 Å². The first kappa shape index (κ1) is 15.3. The lowest BCUT2D eigenvalue weighted by Crippen LogP contribution is -2.43. The molecular weight excluding hydrogens is 298 g/mol. The van der Waals surface area contributed by atoms with E-state index in [2.05, 4.69) is 32.0 Å². The topological polar surface area (TPSA) is 33.5 Å². The van der Waals surface area contributed by atoms with Crippen LogP contribution < -0.4 is 0 Å². The van der Waals surface area contributed by atoms with E-state index in [1.54, 1.807) is 6.26 Å². The standard InChI is InChI=1S/C21H23NO2/c1-14-9-15(2)12-22(11-14)20(23)10-17-13-24-19-8-7-16-5-3-4-6-18(16)21(17)19/h3-8,13-15H,9-12H2,1-2H3. The SMILES string of the molecule is CC1CC(C)CN(C(=O)Cc2coc3ccc4ccccc4c23)C1. The van der Waals surface area contributed by atoms with Crippen LogP contribution >= 0.6 is 0 Å². The number of hydrogen-bond acceptors (Lipinski definition) is 2. The van der Waals surface area contributed by atoms with Gasteiger partial charge in [0.1, 0.15) is 5.58 Å². The van der Waals surface area contributed by atoms with Crippen LogP contribution in [0, 0.1) is 11.8 Å². The number of amides is 1. The van der Waals surface area contributed by atoms with Gasteiger partial charge in [0, 0.05) is 24.0 Å². The lowest BCUT2D eigenvalue weighted by molar-refractivity contribution is -0.133. The van der Waals surface area contributed by atoms with Gasteiger partial charge in [-0.1, -0.05) is 44.2 Å². The van der Waals surface area contributed by atoms with E-state index in [0.717, 1.165) is 35.0 Å². The average Bonchev–Trinajstić information content (AvgIpc) is 2.97. The quantitative estimate of drug-likeness (QED) is 0.689. The van der Waals surface area contributed by atoms with Crippen molar-refractivity contribution in [1.29, 1.82) is 0 Å². The molecule has 0 bridgehead atoms. The summed E-state index contributed by atoms with van der Waals surface area (Å²) in [4.78, 5) is 14.9. The van der Waals surface area contributed by atoms with E-state index in [1.807, 2.05) is 23.1 Å². The van der Waals surface area contributed by atoms with Crippen molar-refractivity contribution in [2.45, 2.75) is 26.7 Å². The molecule has 0 N–H and O–H groups in total. The van der Waals surface area contributed by atoms with Crippen LogP contribution in [0.2, 0.25) is 0 Å². The van der Waals surface area contributed by atoms with Crippen molar-refractivity contribution < 1.29 is 9.21 Å². The number of benzene rings is 2. The summed E-state index contributed by atoms with van der Waals surface area (Å²) in [6.45, 7) is 6.22. The fraction of sp³-hybridized carbons (Fsp3) is 0.381. The Kier molecular flexibility index (Phi) is 3.79. The Balaban J connectivity index is 1.67. The zero-order chi connectivity index (χ0) is 16.7. The first-order valence-corrected chi connectivity index (χ1v) is 8.77. The second kappa shape index (κ2) is 5.97. The fourth-order valence-corrected chi connectivity index (χ4v) is 4.15. The summed E-state index contributed by atoms with van der Waals surface area (Å²) in [5, 5.41) is 3.42. The third-order valence-corrected chi connectivity index (χ3v) is 5.10. The predicted molar refractivity (Wildman–Crippen MR) is 96.9 cm³/mol. The van der Waals surface area contributed by atoms with Crippen molar-refractivity contribution in [1.82, 2.24) is 4.90 Å². The molecule has 4 rings (SSSR count). The predicted octanol–water partition coefficient (Wildman–Crippen LogP) is 4.63. The highest BCUT2D eigenvalue weighted by Crippen LogP contribution is 2.31. The number of furan rings is 1. The summed E-state index contributed by atoms with van der Waals surface area (Å²) in [5.41, 5.74) is 1.86. The maximum atomic E-state index is 12.8. The Bertz CT molecular complexity index is 885. The van der Waals surface area contributed by atoms with Crippen molar-refractivity contribution in [2.24, 2.45) is 11.8 Å². The second-order valence-electron chi connectivity index (χ2n) is 7.34. The summed E-state index contributed by atoms with van der Waals surface area (Å²) >= 11 is 0. The average molecular weight is 321 g/mol. The Hall–Kier alpha value is -2.29. The second-order valence-corrected chi connectivity index (χ2v) is 7.34. The van der Waals surface area contributed by atoms with Gasteiger partial charge in [0.25, 0.3) is 0 Å².